The van der Waals surface area contributed by atoms with Crippen molar-refractivity contribution in [2.75, 3.05) is 6.54 Å². The standard InChI is InChI=1S/C15H24ClN3/c1-3-13-15(16)14(19(2)18-13)9-17-8-12(10-4-5-10)11-6-7-11/h10-12,17H,3-9H2,1-2H3. The van der Waals surface area contributed by atoms with E-state index in [9.17, 15) is 0 Å². The highest BCUT2D eigenvalue weighted by molar-refractivity contribution is 6.31. The van der Waals surface area contributed by atoms with Crippen LogP contribution in [0.5, 0.6) is 0 Å². The largest absolute Gasteiger partial charge is 0.311 e. The van der Waals surface area contributed by atoms with E-state index >= 15 is 0 Å². The van der Waals surface area contributed by atoms with Crippen LogP contribution in [0.1, 0.15) is 44.0 Å². The normalized spacial score (nSPS) is 19.4. The minimum atomic E-state index is 0.846. The summed E-state index contributed by atoms with van der Waals surface area (Å²) in [6, 6.07) is 0. The zero-order valence-electron chi connectivity index (χ0n) is 12.0. The molecule has 1 heterocycles. The van der Waals surface area contributed by atoms with Gasteiger partial charge in [-0.2, -0.15) is 5.10 Å². The summed E-state index contributed by atoms with van der Waals surface area (Å²) in [6.45, 7) is 4.10. The molecule has 2 saturated carbocycles. The van der Waals surface area contributed by atoms with Crippen LogP contribution in [-0.2, 0) is 20.0 Å². The first kappa shape index (κ1) is 13.4. The molecule has 0 bridgehead atoms. The smallest absolute Gasteiger partial charge is 0.0863 e. The van der Waals surface area contributed by atoms with Crippen LogP contribution in [0.2, 0.25) is 5.02 Å². The number of aromatic nitrogens is 2. The fourth-order valence-corrected chi connectivity index (χ4v) is 3.50. The molecule has 3 nitrogen and oxygen atoms in total. The van der Waals surface area contributed by atoms with E-state index in [0.717, 1.165) is 53.7 Å². The number of aryl methyl sites for hydroxylation is 2. The molecule has 1 aromatic heterocycles. The lowest BCUT2D eigenvalue weighted by molar-refractivity contribution is 0.376. The van der Waals surface area contributed by atoms with E-state index in [0.29, 0.717) is 0 Å². The Balaban J connectivity index is 1.55. The Morgan fingerprint density at radius 2 is 1.95 bits per heavy atom. The first-order valence-corrected chi connectivity index (χ1v) is 7.99. The topological polar surface area (TPSA) is 29.9 Å². The van der Waals surface area contributed by atoms with Crippen LogP contribution in [0.25, 0.3) is 0 Å². The monoisotopic (exact) mass is 281 g/mol. The van der Waals surface area contributed by atoms with E-state index in [4.69, 9.17) is 11.6 Å². The van der Waals surface area contributed by atoms with E-state index in [-0.39, 0.29) is 0 Å². The maximum absolute atomic E-state index is 6.37. The Kier molecular flexibility index (Phi) is 3.86. The zero-order valence-corrected chi connectivity index (χ0v) is 12.7. The summed E-state index contributed by atoms with van der Waals surface area (Å²) >= 11 is 6.37. The second-order valence-electron chi connectivity index (χ2n) is 6.15. The third kappa shape index (κ3) is 2.97. The molecule has 1 N–H and O–H groups in total. The predicted octanol–water partition coefficient (Wildman–Crippen LogP) is 3.16. The molecule has 0 spiro atoms. The fraction of sp³-hybridized carbons (Fsp3) is 0.800. The number of hydrogen-bond acceptors (Lipinski definition) is 2. The second kappa shape index (κ2) is 5.45. The van der Waals surface area contributed by atoms with Crippen LogP contribution in [0, 0.1) is 17.8 Å². The molecule has 0 aliphatic heterocycles. The van der Waals surface area contributed by atoms with Gasteiger partial charge >= 0.3 is 0 Å². The van der Waals surface area contributed by atoms with Crippen LogP contribution in [-0.4, -0.2) is 16.3 Å². The highest BCUT2D eigenvalue weighted by Gasteiger charge is 2.40. The Bertz CT molecular complexity index is 434. The Morgan fingerprint density at radius 1 is 1.32 bits per heavy atom. The van der Waals surface area contributed by atoms with Gasteiger partial charge in [-0.3, -0.25) is 4.68 Å². The molecule has 0 unspecified atom stereocenters. The van der Waals surface area contributed by atoms with Crippen molar-refractivity contribution in [3.05, 3.63) is 16.4 Å². The van der Waals surface area contributed by atoms with Gasteiger partial charge in [0, 0.05) is 13.6 Å². The van der Waals surface area contributed by atoms with E-state index in [1.165, 1.54) is 25.7 Å². The summed E-state index contributed by atoms with van der Waals surface area (Å²) in [5.41, 5.74) is 2.14. The predicted molar refractivity (Wildman–Crippen MR) is 78.2 cm³/mol. The molecule has 0 saturated heterocycles. The van der Waals surface area contributed by atoms with Crippen LogP contribution in [0.3, 0.4) is 0 Å². The van der Waals surface area contributed by atoms with Crippen molar-refractivity contribution < 1.29 is 0 Å². The first-order valence-electron chi connectivity index (χ1n) is 7.61. The number of hydrogen-bond donors (Lipinski definition) is 1. The van der Waals surface area contributed by atoms with Gasteiger partial charge in [-0.05, 0) is 56.4 Å². The average molecular weight is 282 g/mol. The quantitative estimate of drug-likeness (QED) is 0.832. The van der Waals surface area contributed by atoms with Crippen molar-refractivity contribution in [3.63, 3.8) is 0 Å². The lowest BCUT2D eigenvalue weighted by Gasteiger charge is -2.16. The summed E-state index contributed by atoms with van der Waals surface area (Å²) in [5, 5.41) is 8.94. The molecule has 0 radical (unpaired) electrons. The van der Waals surface area contributed by atoms with E-state index in [2.05, 4.69) is 17.3 Å². The molecule has 2 aliphatic carbocycles. The Morgan fingerprint density at radius 3 is 2.42 bits per heavy atom. The summed E-state index contributed by atoms with van der Waals surface area (Å²) in [6.07, 6.45) is 6.72. The summed E-state index contributed by atoms with van der Waals surface area (Å²) < 4.78 is 1.93. The third-order valence-electron chi connectivity index (χ3n) is 4.63. The van der Waals surface area contributed by atoms with Gasteiger partial charge in [0.2, 0.25) is 0 Å². The van der Waals surface area contributed by atoms with Crippen molar-refractivity contribution in [2.45, 2.75) is 45.6 Å². The van der Waals surface area contributed by atoms with Crippen LogP contribution in [0.15, 0.2) is 0 Å². The third-order valence-corrected chi connectivity index (χ3v) is 5.07. The molecule has 106 valence electrons. The van der Waals surface area contributed by atoms with Gasteiger partial charge < -0.3 is 5.32 Å². The average Bonchev–Trinajstić information content (AvgIpc) is 3.26. The lowest BCUT2D eigenvalue weighted by Crippen LogP contribution is -2.26. The fourth-order valence-electron chi connectivity index (χ4n) is 3.14. The Hall–Kier alpha value is -0.540. The van der Waals surface area contributed by atoms with Crippen LogP contribution in [0.4, 0.5) is 0 Å². The van der Waals surface area contributed by atoms with Gasteiger partial charge in [0.1, 0.15) is 0 Å². The van der Waals surface area contributed by atoms with Crippen molar-refractivity contribution in [3.8, 4) is 0 Å². The molecule has 2 fully saturated rings. The zero-order chi connectivity index (χ0) is 13.4. The van der Waals surface area contributed by atoms with Crippen LogP contribution >= 0.6 is 11.6 Å². The summed E-state index contributed by atoms with van der Waals surface area (Å²) in [7, 11) is 1.99. The second-order valence-corrected chi connectivity index (χ2v) is 6.53. The van der Waals surface area contributed by atoms with Crippen molar-refractivity contribution in [1.82, 2.24) is 15.1 Å². The molecule has 0 amide bonds. The van der Waals surface area contributed by atoms with Gasteiger partial charge in [-0.15, -0.1) is 0 Å². The van der Waals surface area contributed by atoms with Gasteiger partial charge in [0.05, 0.1) is 16.4 Å². The molecule has 2 aliphatic rings. The SMILES string of the molecule is CCc1nn(C)c(CNCC(C2CC2)C2CC2)c1Cl. The maximum atomic E-state index is 6.37. The lowest BCUT2D eigenvalue weighted by atomic mass is 9.98. The number of halogens is 1. The van der Waals surface area contributed by atoms with Crippen molar-refractivity contribution in [2.24, 2.45) is 24.8 Å². The minimum Gasteiger partial charge on any atom is -0.311 e. The summed E-state index contributed by atoms with van der Waals surface area (Å²) in [5.74, 6) is 2.93. The summed E-state index contributed by atoms with van der Waals surface area (Å²) in [4.78, 5) is 0. The molecule has 4 heteroatoms. The minimum absolute atomic E-state index is 0.846. The molecular formula is C15H24ClN3. The van der Waals surface area contributed by atoms with Crippen molar-refractivity contribution in [1.29, 1.82) is 0 Å². The highest BCUT2D eigenvalue weighted by Crippen LogP contribution is 2.48. The van der Waals surface area contributed by atoms with Crippen LogP contribution < -0.4 is 5.32 Å². The first-order chi connectivity index (χ1) is 9.20. The van der Waals surface area contributed by atoms with Gasteiger partial charge in [-0.25, -0.2) is 0 Å². The number of rotatable bonds is 7. The van der Waals surface area contributed by atoms with Crippen molar-refractivity contribution >= 4 is 11.6 Å². The highest BCUT2D eigenvalue weighted by atomic mass is 35.5. The molecule has 19 heavy (non-hydrogen) atoms. The van der Waals surface area contributed by atoms with Gasteiger partial charge in [0.25, 0.3) is 0 Å². The van der Waals surface area contributed by atoms with E-state index in [1.807, 2.05) is 11.7 Å². The molecule has 0 atom stereocenters. The van der Waals surface area contributed by atoms with Gasteiger partial charge in [0.15, 0.2) is 0 Å². The van der Waals surface area contributed by atoms with E-state index < -0.39 is 0 Å². The molecule has 3 rings (SSSR count). The maximum Gasteiger partial charge on any atom is 0.0863 e. The number of nitrogens with zero attached hydrogens (tertiary/aromatic N) is 2. The molecular weight excluding hydrogens is 258 g/mol. The molecule has 1 aromatic rings. The van der Waals surface area contributed by atoms with Gasteiger partial charge in [-0.1, -0.05) is 18.5 Å². The Labute approximate surface area is 120 Å². The molecule has 0 aromatic carbocycles. The van der Waals surface area contributed by atoms with E-state index in [1.54, 1.807) is 0 Å². The number of nitrogens with one attached hydrogen (secondary N) is 1.